The summed E-state index contributed by atoms with van der Waals surface area (Å²) in [6.45, 7) is 5.81. The summed E-state index contributed by atoms with van der Waals surface area (Å²) in [6.07, 6.45) is 2.63. The van der Waals surface area contributed by atoms with Crippen LogP contribution in [0.15, 0.2) is 84.9 Å². The van der Waals surface area contributed by atoms with Gasteiger partial charge in [0.1, 0.15) is 0 Å². The highest BCUT2D eigenvalue weighted by atomic mass is 31.1. The summed E-state index contributed by atoms with van der Waals surface area (Å²) >= 11 is 0. The lowest BCUT2D eigenvalue weighted by molar-refractivity contribution is 0.205. The molecule has 2 heteroatoms. The maximum absolute atomic E-state index is 2.68. The molecule has 1 heterocycles. The summed E-state index contributed by atoms with van der Waals surface area (Å²) in [5, 5.41) is 4.35. The van der Waals surface area contributed by atoms with Gasteiger partial charge in [0.05, 0.1) is 0 Å². The Balaban J connectivity index is 1.77. The SMILES string of the molecule is C[C@@H]1CC[C@@H](C)N1Cc1ccccc1P(c1ccccc1)c1ccccc1. The Bertz CT molecular complexity index is 812. The minimum Gasteiger partial charge on any atom is -0.294 e. The molecule has 0 unspecified atom stereocenters. The van der Waals surface area contributed by atoms with Crippen LogP contribution in [0.2, 0.25) is 0 Å². The molecule has 0 aromatic heterocycles. The third kappa shape index (κ3) is 4.00. The first kappa shape index (κ1) is 18.4. The number of rotatable bonds is 5. The Morgan fingerprint density at radius 1 is 0.704 bits per heavy atom. The van der Waals surface area contributed by atoms with Gasteiger partial charge in [0.2, 0.25) is 0 Å². The van der Waals surface area contributed by atoms with Crippen LogP contribution in [-0.4, -0.2) is 17.0 Å². The van der Waals surface area contributed by atoms with Gasteiger partial charge >= 0.3 is 0 Å². The van der Waals surface area contributed by atoms with Gasteiger partial charge in [-0.15, -0.1) is 0 Å². The van der Waals surface area contributed by atoms with Crippen LogP contribution in [0.1, 0.15) is 32.3 Å². The molecule has 4 rings (SSSR count). The van der Waals surface area contributed by atoms with Crippen LogP contribution in [-0.2, 0) is 6.54 Å². The lowest BCUT2D eigenvalue weighted by Gasteiger charge is -2.29. The van der Waals surface area contributed by atoms with Crippen LogP contribution >= 0.6 is 7.92 Å². The predicted octanol–water partition coefficient (Wildman–Crippen LogP) is 4.82. The first-order valence-corrected chi connectivity index (χ1v) is 11.3. The van der Waals surface area contributed by atoms with E-state index in [1.165, 1.54) is 34.3 Å². The minimum absolute atomic E-state index is 0.542. The van der Waals surface area contributed by atoms with E-state index >= 15 is 0 Å². The third-order valence-corrected chi connectivity index (χ3v) is 8.30. The quantitative estimate of drug-likeness (QED) is 0.580. The summed E-state index contributed by atoms with van der Waals surface area (Å²) in [7, 11) is -0.542. The molecule has 0 aliphatic carbocycles. The van der Waals surface area contributed by atoms with E-state index in [2.05, 4.69) is 104 Å². The van der Waals surface area contributed by atoms with Gasteiger partial charge in [0.25, 0.3) is 0 Å². The Morgan fingerprint density at radius 2 is 1.19 bits per heavy atom. The number of nitrogens with zero attached hydrogens (tertiary/aromatic N) is 1. The van der Waals surface area contributed by atoms with Crippen LogP contribution in [0, 0.1) is 0 Å². The van der Waals surface area contributed by atoms with E-state index in [-0.39, 0.29) is 0 Å². The van der Waals surface area contributed by atoms with Gasteiger partial charge in [0.15, 0.2) is 0 Å². The molecule has 1 nitrogen and oxygen atoms in total. The van der Waals surface area contributed by atoms with Gasteiger partial charge in [0, 0.05) is 18.6 Å². The van der Waals surface area contributed by atoms with Crippen molar-refractivity contribution < 1.29 is 0 Å². The number of likely N-dealkylation sites (tertiary alicyclic amines) is 1. The topological polar surface area (TPSA) is 3.24 Å². The summed E-state index contributed by atoms with van der Waals surface area (Å²) in [5.41, 5.74) is 1.48. The van der Waals surface area contributed by atoms with E-state index in [4.69, 9.17) is 0 Å². The number of hydrogen-bond acceptors (Lipinski definition) is 1. The standard InChI is InChI=1S/C25H28NP/c1-20-17-18-21(2)26(20)19-22-11-9-10-16-25(22)27(23-12-5-3-6-13-23)24-14-7-4-8-15-24/h3-16,20-21H,17-19H2,1-2H3/t20-,21-/m1/s1. The second kappa shape index (κ2) is 8.38. The molecule has 3 aromatic carbocycles. The number of hydrogen-bond donors (Lipinski definition) is 0. The van der Waals surface area contributed by atoms with Crippen molar-refractivity contribution in [1.29, 1.82) is 0 Å². The van der Waals surface area contributed by atoms with Gasteiger partial charge < -0.3 is 0 Å². The van der Waals surface area contributed by atoms with E-state index in [1.807, 2.05) is 0 Å². The summed E-state index contributed by atoms with van der Waals surface area (Å²) < 4.78 is 0. The zero-order chi connectivity index (χ0) is 18.6. The van der Waals surface area contributed by atoms with Crippen molar-refractivity contribution in [3.05, 3.63) is 90.5 Å². The molecule has 0 amide bonds. The highest BCUT2D eigenvalue weighted by molar-refractivity contribution is 7.79. The Labute approximate surface area is 164 Å². The fourth-order valence-corrected chi connectivity index (χ4v) is 6.66. The summed E-state index contributed by atoms with van der Waals surface area (Å²) in [4.78, 5) is 2.68. The van der Waals surface area contributed by atoms with E-state index in [9.17, 15) is 0 Å². The Morgan fingerprint density at radius 3 is 1.74 bits per heavy atom. The molecule has 1 fully saturated rings. The van der Waals surface area contributed by atoms with Gasteiger partial charge in [-0.05, 0) is 56.1 Å². The zero-order valence-corrected chi connectivity index (χ0v) is 17.1. The average molecular weight is 373 g/mol. The first-order valence-electron chi connectivity index (χ1n) is 9.98. The average Bonchev–Trinajstić information content (AvgIpc) is 3.03. The fourth-order valence-electron chi connectivity index (χ4n) is 4.20. The molecule has 0 spiro atoms. The van der Waals surface area contributed by atoms with Gasteiger partial charge in [-0.3, -0.25) is 4.90 Å². The normalized spacial score (nSPS) is 20.3. The molecule has 0 N–H and O–H groups in total. The molecule has 138 valence electrons. The van der Waals surface area contributed by atoms with Crippen molar-refractivity contribution in [3.63, 3.8) is 0 Å². The van der Waals surface area contributed by atoms with Crippen LogP contribution in [0.25, 0.3) is 0 Å². The largest absolute Gasteiger partial charge is 0.294 e. The third-order valence-electron chi connectivity index (χ3n) is 5.75. The highest BCUT2D eigenvalue weighted by Crippen LogP contribution is 2.35. The zero-order valence-electron chi connectivity index (χ0n) is 16.3. The smallest absolute Gasteiger partial charge is 0.0245 e. The molecule has 0 radical (unpaired) electrons. The van der Waals surface area contributed by atoms with E-state index in [0.717, 1.165) is 6.54 Å². The molecular weight excluding hydrogens is 345 g/mol. The molecule has 0 bridgehead atoms. The lowest BCUT2D eigenvalue weighted by Crippen LogP contribution is -2.34. The second-order valence-corrected chi connectivity index (χ2v) is 9.77. The van der Waals surface area contributed by atoms with Crippen molar-refractivity contribution in [3.8, 4) is 0 Å². The molecule has 1 aliphatic heterocycles. The molecular formula is C25H28NP. The lowest BCUT2D eigenvalue weighted by atomic mass is 10.2. The van der Waals surface area contributed by atoms with Crippen molar-refractivity contribution >= 4 is 23.8 Å². The van der Waals surface area contributed by atoms with Crippen molar-refractivity contribution in [2.45, 2.75) is 45.3 Å². The molecule has 0 saturated carbocycles. The van der Waals surface area contributed by atoms with E-state index < -0.39 is 7.92 Å². The van der Waals surface area contributed by atoms with Crippen LogP contribution in [0.4, 0.5) is 0 Å². The van der Waals surface area contributed by atoms with Crippen molar-refractivity contribution in [2.24, 2.45) is 0 Å². The Kier molecular flexibility index (Phi) is 5.72. The van der Waals surface area contributed by atoms with E-state index in [1.54, 1.807) is 0 Å². The van der Waals surface area contributed by atoms with E-state index in [0.29, 0.717) is 12.1 Å². The van der Waals surface area contributed by atoms with Crippen molar-refractivity contribution in [2.75, 3.05) is 0 Å². The molecule has 1 aliphatic rings. The van der Waals surface area contributed by atoms with Crippen LogP contribution in [0.3, 0.4) is 0 Å². The second-order valence-electron chi connectivity index (χ2n) is 7.58. The fraction of sp³-hybridized carbons (Fsp3) is 0.280. The maximum Gasteiger partial charge on any atom is 0.0245 e. The number of benzene rings is 3. The molecule has 3 aromatic rings. The maximum atomic E-state index is 2.68. The molecule has 1 saturated heterocycles. The van der Waals surface area contributed by atoms with Gasteiger partial charge in [-0.25, -0.2) is 0 Å². The van der Waals surface area contributed by atoms with Gasteiger partial charge in [-0.2, -0.15) is 0 Å². The molecule has 27 heavy (non-hydrogen) atoms. The van der Waals surface area contributed by atoms with Gasteiger partial charge in [-0.1, -0.05) is 84.9 Å². The Hall–Kier alpha value is -1.95. The minimum atomic E-state index is -0.542. The highest BCUT2D eigenvalue weighted by Gasteiger charge is 2.28. The monoisotopic (exact) mass is 373 g/mol. The summed E-state index contributed by atoms with van der Waals surface area (Å²) in [5.74, 6) is 0. The van der Waals surface area contributed by atoms with Crippen molar-refractivity contribution in [1.82, 2.24) is 4.90 Å². The summed E-state index contributed by atoms with van der Waals surface area (Å²) in [6, 6.07) is 32.5. The molecule has 2 atom stereocenters. The first-order chi connectivity index (χ1) is 13.2. The van der Waals surface area contributed by atoms with Crippen LogP contribution < -0.4 is 15.9 Å². The van der Waals surface area contributed by atoms with Crippen LogP contribution in [0.5, 0.6) is 0 Å². The predicted molar refractivity (Wildman–Crippen MR) is 119 cm³/mol.